The van der Waals surface area contributed by atoms with E-state index in [1.807, 2.05) is 45.1 Å². The van der Waals surface area contributed by atoms with Crippen LogP contribution in [0.1, 0.15) is 108 Å². The predicted molar refractivity (Wildman–Crippen MR) is 184 cm³/mol. The summed E-state index contributed by atoms with van der Waals surface area (Å²) >= 11 is 0. The van der Waals surface area contributed by atoms with E-state index in [1.54, 1.807) is 13.0 Å². The first-order valence-electron chi connectivity index (χ1n) is 15.5. The molecule has 0 fully saturated rings. The van der Waals surface area contributed by atoms with Crippen LogP contribution in [0.3, 0.4) is 0 Å². The molecule has 0 aromatic rings. The van der Waals surface area contributed by atoms with Gasteiger partial charge in [0, 0.05) is 11.8 Å². The Bertz CT molecular complexity index is 1240. The van der Waals surface area contributed by atoms with E-state index in [1.165, 1.54) is 41.6 Å². The summed E-state index contributed by atoms with van der Waals surface area (Å²) in [6.45, 7) is 20.8. The number of carbonyl (C=O) groups is 2. The minimum Gasteiger partial charge on any atom is -0.300 e. The minimum atomic E-state index is -0.452. The Labute approximate surface area is 257 Å². The summed E-state index contributed by atoms with van der Waals surface area (Å²) in [7, 11) is 0. The summed E-state index contributed by atoms with van der Waals surface area (Å²) in [5.41, 5.74) is 7.44. The summed E-state index contributed by atoms with van der Waals surface area (Å²) in [5.74, 6) is 0.268. The fraction of sp³-hybridized carbons (Fsp3) is 0.450. The third kappa shape index (κ3) is 15.1. The van der Waals surface area contributed by atoms with Crippen LogP contribution < -0.4 is 0 Å². The maximum Gasteiger partial charge on any atom is 0.161 e. The maximum atomic E-state index is 12.6. The average molecular weight is 569 g/mol. The third-order valence-electron chi connectivity index (χ3n) is 7.82. The molecule has 0 amide bonds. The van der Waals surface area contributed by atoms with Crippen LogP contribution >= 0.6 is 0 Å². The highest BCUT2D eigenvalue weighted by molar-refractivity contribution is 5.94. The molecule has 0 heterocycles. The monoisotopic (exact) mass is 568 g/mol. The highest BCUT2D eigenvalue weighted by Crippen LogP contribution is 2.40. The van der Waals surface area contributed by atoms with Crippen molar-refractivity contribution >= 4 is 11.6 Å². The molecule has 0 saturated heterocycles. The second kappa shape index (κ2) is 18.3. The molecule has 2 nitrogen and oxygen atoms in total. The Morgan fingerprint density at radius 2 is 1.24 bits per heavy atom. The van der Waals surface area contributed by atoms with E-state index in [0.29, 0.717) is 12.8 Å². The molecule has 0 aliphatic heterocycles. The third-order valence-corrected chi connectivity index (χ3v) is 7.82. The lowest BCUT2D eigenvalue weighted by Crippen LogP contribution is -2.22. The molecule has 0 spiro atoms. The van der Waals surface area contributed by atoms with Crippen LogP contribution in [0.5, 0.6) is 0 Å². The lowest BCUT2D eigenvalue weighted by molar-refractivity contribution is -0.123. The van der Waals surface area contributed by atoms with Crippen molar-refractivity contribution in [3.63, 3.8) is 0 Å². The van der Waals surface area contributed by atoms with E-state index in [0.717, 1.165) is 17.6 Å². The van der Waals surface area contributed by atoms with Gasteiger partial charge < -0.3 is 4.79 Å². The molecule has 0 radical (unpaired) electrons. The molecule has 0 N–H and O–H groups in total. The van der Waals surface area contributed by atoms with Gasteiger partial charge in [0.15, 0.2) is 5.78 Å². The fourth-order valence-corrected chi connectivity index (χ4v) is 4.90. The highest BCUT2D eigenvalue weighted by Gasteiger charge is 2.26. The van der Waals surface area contributed by atoms with Crippen molar-refractivity contribution in [2.24, 2.45) is 10.8 Å². The van der Waals surface area contributed by atoms with Gasteiger partial charge in [0.05, 0.1) is 0 Å². The Morgan fingerprint density at radius 1 is 0.738 bits per heavy atom. The van der Waals surface area contributed by atoms with Crippen LogP contribution in [-0.2, 0) is 9.59 Å². The number of allylic oxidation sites excluding steroid dienone is 20. The van der Waals surface area contributed by atoms with Gasteiger partial charge in [-0.05, 0) is 90.7 Å². The smallest absolute Gasteiger partial charge is 0.161 e. The lowest BCUT2D eigenvalue weighted by Gasteiger charge is -2.32. The second-order valence-electron chi connectivity index (χ2n) is 13.1. The zero-order chi connectivity index (χ0) is 31.8. The quantitative estimate of drug-likeness (QED) is 0.145. The van der Waals surface area contributed by atoms with Crippen molar-refractivity contribution in [1.29, 1.82) is 0 Å². The summed E-state index contributed by atoms with van der Waals surface area (Å²) in [6.07, 6.45) is 34.6. The topological polar surface area (TPSA) is 34.1 Å². The maximum absolute atomic E-state index is 12.6. The van der Waals surface area contributed by atoms with Crippen molar-refractivity contribution in [2.45, 2.75) is 108 Å². The highest BCUT2D eigenvalue weighted by atomic mass is 16.1. The molecule has 228 valence electrons. The number of carbonyl (C=O) groups excluding carboxylic acids is 2. The van der Waals surface area contributed by atoms with Gasteiger partial charge in [0.2, 0.25) is 0 Å². The first kappa shape index (κ1) is 36.8. The van der Waals surface area contributed by atoms with Crippen LogP contribution in [-0.4, -0.2) is 11.6 Å². The molecule has 2 heteroatoms. The Morgan fingerprint density at radius 3 is 1.76 bits per heavy atom. The van der Waals surface area contributed by atoms with E-state index in [-0.39, 0.29) is 17.0 Å². The predicted octanol–water partition coefficient (Wildman–Crippen LogP) is 11.4. The molecular formula is C40H56O2. The standard InChI is InChI=1S/C40H56O2/c1-31(19-13-21-33(3)25-27-37-35(5)23-15-29-39(37,7)8)17-11-12-18-32(2)20-14-22-34(4)26-28-38(42)40(9,10)30-16-24-36(6)41/h11-14,17-22,25-28H,15-16,23-24,29-30H2,1-10H3/b12-11+,19-13-,20-14+,27-25+,28-26+,31-17+,32-18+,33-21-,34-22+. The van der Waals surface area contributed by atoms with E-state index in [9.17, 15) is 9.59 Å². The SMILES string of the molecule is CC(=O)CCCC(C)(C)C(=O)/C=C/C(C)=C/C=C/C(C)=C/C=C/C=C(C)/C=C\C=C(C)/C=C/C1=C(C)CCCC1(C)C. The number of hydrogen-bond acceptors (Lipinski definition) is 2. The van der Waals surface area contributed by atoms with Crippen molar-refractivity contribution in [3.05, 3.63) is 119 Å². The number of Topliss-reactive ketones (excluding diaryl/α,β-unsaturated/α-hetero) is 1. The summed E-state index contributed by atoms with van der Waals surface area (Å²) < 4.78 is 0. The van der Waals surface area contributed by atoms with E-state index in [4.69, 9.17) is 0 Å². The minimum absolute atomic E-state index is 0.0944. The molecular weight excluding hydrogens is 512 g/mol. The molecule has 1 aliphatic carbocycles. The second-order valence-corrected chi connectivity index (χ2v) is 13.1. The number of rotatable bonds is 15. The first-order chi connectivity index (χ1) is 19.6. The summed E-state index contributed by atoms with van der Waals surface area (Å²) in [4.78, 5) is 23.7. The van der Waals surface area contributed by atoms with Gasteiger partial charge in [0.25, 0.3) is 0 Å². The first-order valence-corrected chi connectivity index (χ1v) is 15.5. The van der Waals surface area contributed by atoms with Crippen molar-refractivity contribution in [2.75, 3.05) is 0 Å². The lowest BCUT2D eigenvalue weighted by atomic mass is 9.72. The van der Waals surface area contributed by atoms with Gasteiger partial charge in [-0.25, -0.2) is 0 Å². The number of hydrogen-bond donors (Lipinski definition) is 0. The van der Waals surface area contributed by atoms with Gasteiger partial charge in [-0.1, -0.05) is 135 Å². The average Bonchev–Trinajstić information content (AvgIpc) is 2.88. The zero-order valence-electron chi connectivity index (χ0n) is 28.1. The van der Waals surface area contributed by atoms with Crippen LogP contribution in [0.2, 0.25) is 0 Å². The van der Waals surface area contributed by atoms with Crippen molar-refractivity contribution < 1.29 is 9.59 Å². The fourth-order valence-electron chi connectivity index (χ4n) is 4.90. The largest absolute Gasteiger partial charge is 0.300 e. The molecule has 1 aliphatic rings. The number of ketones is 2. The molecule has 0 saturated carbocycles. The van der Waals surface area contributed by atoms with Gasteiger partial charge in [0.1, 0.15) is 5.78 Å². The van der Waals surface area contributed by atoms with E-state index in [2.05, 4.69) is 96.2 Å². The van der Waals surface area contributed by atoms with Crippen LogP contribution in [0.25, 0.3) is 0 Å². The van der Waals surface area contributed by atoms with Crippen LogP contribution in [0.4, 0.5) is 0 Å². The Balaban J connectivity index is 2.62. The molecule has 1 rings (SSSR count). The molecule has 42 heavy (non-hydrogen) atoms. The summed E-state index contributed by atoms with van der Waals surface area (Å²) in [6, 6.07) is 0. The zero-order valence-corrected chi connectivity index (χ0v) is 28.1. The normalized spacial score (nSPS) is 18.1. The summed E-state index contributed by atoms with van der Waals surface area (Å²) in [5, 5.41) is 0. The van der Waals surface area contributed by atoms with Gasteiger partial charge >= 0.3 is 0 Å². The van der Waals surface area contributed by atoms with Crippen molar-refractivity contribution in [3.8, 4) is 0 Å². The Hall–Kier alpha value is -3.26. The van der Waals surface area contributed by atoms with Gasteiger partial charge in [-0.3, -0.25) is 4.79 Å². The molecule has 0 aromatic carbocycles. The van der Waals surface area contributed by atoms with Gasteiger partial charge in [-0.15, -0.1) is 0 Å². The molecule has 0 unspecified atom stereocenters. The van der Waals surface area contributed by atoms with Crippen molar-refractivity contribution in [1.82, 2.24) is 0 Å². The molecule has 0 bridgehead atoms. The van der Waals surface area contributed by atoms with Crippen LogP contribution in [0, 0.1) is 10.8 Å². The molecule has 0 aromatic heterocycles. The van der Waals surface area contributed by atoms with Gasteiger partial charge in [-0.2, -0.15) is 0 Å². The van der Waals surface area contributed by atoms with E-state index < -0.39 is 5.41 Å². The van der Waals surface area contributed by atoms with E-state index >= 15 is 0 Å². The van der Waals surface area contributed by atoms with Crippen LogP contribution in [0.15, 0.2) is 119 Å². The Kier molecular flexibility index (Phi) is 16.0. The molecule has 0 atom stereocenters.